The van der Waals surface area contributed by atoms with Gasteiger partial charge in [0.2, 0.25) is 0 Å². The van der Waals surface area contributed by atoms with Crippen molar-refractivity contribution in [1.82, 2.24) is 0 Å². The fourth-order valence-corrected chi connectivity index (χ4v) is 2.69. The van der Waals surface area contributed by atoms with Crippen LogP contribution in [0.15, 0.2) is 59.8 Å². The molecule has 0 aromatic heterocycles. The van der Waals surface area contributed by atoms with Crippen LogP contribution in [0.25, 0.3) is 5.57 Å². The van der Waals surface area contributed by atoms with Crippen LogP contribution in [-0.4, -0.2) is 0 Å². The smallest absolute Gasteiger partial charge is 0.0309 e. The highest BCUT2D eigenvalue weighted by molar-refractivity contribution is 5.80. The molecular formula is C21H22. The van der Waals surface area contributed by atoms with Gasteiger partial charge in [0.05, 0.1) is 0 Å². The van der Waals surface area contributed by atoms with Gasteiger partial charge < -0.3 is 0 Å². The Balaban J connectivity index is 2.14. The van der Waals surface area contributed by atoms with Crippen molar-refractivity contribution in [1.29, 1.82) is 0 Å². The number of hydrogen-bond donors (Lipinski definition) is 0. The second-order valence-corrected chi connectivity index (χ2v) is 6.26. The molecule has 0 aliphatic heterocycles. The highest BCUT2D eigenvalue weighted by Crippen LogP contribution is 2.44. The van der Waals surface area contributed by atoms with Crippen LogP contribution in [0.5, 0.6) is 0 Å². The Kier molecular flexibility index (Phi) is 3.57. The third kappa shape index (κ3) is 2.86. The fourth-order valence-electron chi connectivity index (χ4n) is 2.69. The Morgan fingerprint density at radius 1 is 0.714 bits per heavy atom. The number of aryl methyl sites for hydroxylation is 2. The lowest BCUT2D eigenvalue weighted by Gasteiger charge is -2.07. The molecule has 1 fully saturated rings. The maximum Gasteiger partial charge on any atom is 0.0309 e. The Morgan fingerprint density at radius 3 is 1.43 bits per heavy atom. The lowest BCUT2D eigenvalue weighted by Crippen LogP contribution is -1.87. The van der Waals surface area contributed by atoms with E-state index < -0.39 is 0 Å². The summed E-state index contributed by atoms with van der Waals surface area (Å²) in [6.07, 6.45) is 0. The molecule has 106 valence electrons. The van der Waals surface area contributed by atoms with Crippen LogP contribution in [-0.2, 0) is 0 Å². The van der Waals surface area contributed by atoms with Crippen LogP contribution in [0.1, 0.15) is 36.1 Å². The highest BCUT2D eigenvalue weighted by Gasteiger charge is 2.35. The first kappa shape index (κ1) is 13.9. The van der Waals surface area contributed by atoms with Crippen molar-refractivity contribution in [2.24, 2.45) is 11.8 Å². The molecule has 0 unspecified atom stereocenters. The molecule has 2 atom stereocenters. The van der Waals surface area contributed by atoms with Crippen molar-refractivity contribution in [3.8, 4) is 0 Å². The first-order chi connectivity index (χ1) is 10.1. The molecule has 0 saturated heterocycles. The monoisotopic (exact) mass is 274 g/mol. The Hall–Kier alpha value is -2.04. The fraction of sp³-hybridized carbons (Fsp3) is 0.286. The van der Waals surface area contributed by atoms with Crippen LogP contribution in [0.2, 0.25) is 0 Å². The van der Waals surface area contributed by atoms with Gasteiger partial charge in [-0.25, -0.2) is 0 Å². The van der Waals surface area contributed by atoms with E-state index >= 15 is 0 Å². The largest absolute Gasteiger partial charge is 0.112 e. The minimum absolute atomic E-state index is 0.677. The normalized spacial score (nSPS) is 20.1. The predicted molar refractivity (Wildman–Crippen MR) is 90.2 cm³/mol. The third-order valence-corrected chi connectivity index (χ3v) is 4.57. The summed E-state index contributed by atoms with van der Waals surface area (Å²) in [5, 5.41) is 0. The van der Waals surface area contributed by atoms with Crippen molar-refractivity contribution < 1.29 is 0 Å². The number of allylic oxidation sites excluding steroid dienone is 1. The molecule has 0 amide bonds. The van der Waals surface area contributed by atoms with Gasteiger partial charge in [0.25, 0.3) is 0 Å². The van der Waals surface area contributed by atoms with Gasteiger partial charge in [0, 0.05) is 5.57 Å². The Morgan fingerprint density at radius 2 is 1.10 bits per heavy atom. The first-order valence-electron chi connectivity index (χ1n) is 7.71. The van der Waals surface area contributed by atoms with Gasteiger partial charge in [-0.3, -0.25) is 0 Å². The third-order valence-electron chi connectivity index (χ3n) is 4.57. The molecule has 0 N–H and O–H groups in total. The standard InChI is InChI=1S/C21H22/c1-14-5-9-18(10-6-14)21(13-20-16(3)17(20)4)19-11-7-15(2)8-12-19/h5-12,16-17H,1-4H3/t16-,17-/m1/s1. The topological polar surface area (TPSA) is 0 Å². The molecule has 0 spiro atoms. The van der Waals surface area contributed by atoms with Gasteiger partial charge in [-0.1, -0.05) is 73.5 Å². The minimum Gasteiger partial charge on any atom is -0.112 e. The van der Waals surface area contributed by atoms with E-state index in [1.165, 1.54) is 33.4 Å². The minimum atomic E-state index is 0.677. The molecule has 2 aromatic rings. The molecule has 0 nitrogen and oxygen atoms in total. The molecule has 0 heteroatoms. The number of rotatable bonds is 2. The SMILES string of the molecule is Cc1ccc(C(=C=C2[C@H](C)[C@H]2C)c2ccc(C)cc2)cc1. The van der Waals surface area contributed by atoms with E-state index in [2.05, 4.69) is 82.0 Å². The number of hydrogen-bond acceptors (Lipinski definition) is 0. The summed E-state index contributed by atoms with van der Waals surface area (Å²) in [5.41, 5.74) is 11.5. The number of benzene rings is 2. The quantitative estimate of drug-likeness (QED) is 0.630. The zero-order valence-corrected chi connectivity index (χ0v) is 13.3. The highest BCUT2D eigenvalue weighted by atomic mass is 14.4. The maximum atomic E-state index is 3.70. The van der Waals surface area contributed by atoms with Crippen molar-refractivity contribution in [2.75, 3.05) is 0 Å². The van der Waals surface area contributed by atoms with Gasteiger partial charge in [0.1, 0.15) is 0 Å². The summed E-state index contributed by atoms with van der Waals surface area (Å²) in [5.74, 6) is 1.35. The van der Waals surface area contributed by atoms with Crippen LogP contribution in [0.3, 0.4) is 0 Å². The average molecular weight is 274 g/mol. The summed E-state index contributed by atoms with van der Waals surface area (Å²) in [4.78, 5) is 0. The van der Waals surface area contributed by atoms with E-state index in [0.717, 1.165) is 0 Å². The van der Waals surface area contributed by atoms with E-state index in [4.69, 9.17) is 0 Å². The zero-order chi connectivity index (χ0) is 15.0. The van der Waals surface area contributed by atoms with Crippen LogP contribution < -0.4 is 0 Å². The van der Waals surface area contributed by atoms with E-state index in [-0.39, 0.29) is 0 Å². The van der Waals surface area contributed by atoms with E-state index in [1.54, 1.807) is 0 Å². The average Bonchev–Trinajstić information content (AvgIpc) is 3.05. The van der Waals surface area contributed by atoms with Crippen molar-refractivity contribution in [2.45, 2.75) is 27.7 Å². The van der Waals surface area contributed by atoms with Crippen molar-refractivity contribution in [3.63, 3.8) is 0 Å². The molecule has 0 heterocycles. The second-order valence-electron chi connectivity index (χ2n) is 6.26. The summed E-state index contributed by atoms with van der Waals surface area (Å²) < 4.78 is 0. The molecule has 0 bridgehead atoms. The molecule has 1 saturated carbocycles. The van der Waals surface area contributed by atoms with Crippen LogP contribution >= 0.6 is 0 Å². The first-order valence-corrected chi connectivity index (χ1v) is 7.71. The molecule has 1 aliphatic rings. The van der Waals surface area contributed by atoms with E-state index in [0.29, 0.717) is 11.8 Å². The Labute approximate surface area is 127 Å². The summed E-state index contributed by atoms with van der Waals surface area (Å²) >= 11 is 0. The second kappa shape index (κ2) is 5.39. The summed E-state index contributed by atoms with van der Waals surface area (Å²) in [6, 6.07) is 17.5. The molecular weight excluding hydrogens is 252 g/mol. The lowest BCUT2D eigenvalue weighted by molar-refractivity contribution is 0.834. The van der Waals surface area contributed by atoms with Gasteiger partial charge in [-0.05, 0) is 42.4 Å². The molecule has 0 radical (unpaired) electrons. The maximum absolute atomic E-state index is 3.70. The van der Waals surface area contributed by atoms with Crippen molar-refractivity contribution >= 4 is 5.57 Å². The van der Waals surface area contributed by atoms with Gasteiger partial charge in [-0.15, -0.1) is 5.73 Å². The molecule has 21 heavy (non-hydrogen) atoms. The summed E-state index contributed by atoms with van der Waals surface area (Å²) in [6.45, 7) is 8.83. The lowest BCUT2D eigenvalue weighted by atomic mass is 9.97. The van der Waals surface area contributed by atoms with Gasteiger partial charge in [0.15, 0.2) is 0 Å². The van der Waals surface area contributed by atoms with Gasteiger partial charge in [-0.2, -0.15) is 0 Å². The predicted octanol–water partition coefficient (Wildman–Crippen LogP) is 5.55. The van der Waals surface area contributed by atoms with E-state index in [1.807, 2.05) is 0 Å². The molecule has 3 rings (SSSR count). The van der Waals surface area contributed by atoms with Crippen LogP contribution in [0, 0.1) is 25.7 Å². The van der Waals surface area contributed by atoms with Crippen LogP contribution in [0.4, 0.5) is 0 Å². The van der Waals surface area contributed by atoms with E-state index in [9.17, 15) is 0 Å². The Bertz CT molecular complexity index is 650. The molecule has 2 aromatic carbocycles. The molecule has 1 aliphatic carbocycles. The summed E-state index contributed by atoms with van der Waals surface area (Å²) in [7, 11) is 0. The zero-order valence-electron chi connectivity index (χ0n) is 13.3. The van der Waals surface area contributed by atoms with Gasteiger partial charge >= 0.3 is 0 Å². The van der Waals surface area contributed by atoms with Crippen molar-refractivity contribution in [3.05, 3.63) is 82.1 Å².